The Morgan fingerprint density at radius 2 is 1.72 bits per heavy atom. The van der Waals surface area contributed by atoms with Crippen molar-refractivity contribution in [2.45, 2.75) is 13.5 Å². The van der Waals surface area contributed by atoms with Gasteiger partial charge >= 0.3 is 0 Å². The van der Waals surface area contributed by atoms with Gasteiger partial charge < -0.3 is 20.1 Å². The van der Waals surface area contributed by atoms with Gasteiger partial charge in [-0.3, -0.25) is 0 Å². The first-order valence-electron chi connectivity index (χ1n) is 6.25. The molecule has 0 fully saturated rings. The van der Waals surface area contributed by atoms with E-state index in [4.69, 9.17) is 15.2 Å². The summed E-state index contributed by atoms with van der Waals surface area (Å²) in [6, 6.07) is 6.38. The van der Waals surface area contributed by atoms with E-state index < -0.39 is 0 Å². The minimum atomic E-state index is 0.586. The summed E-state index contributed by atoms with van der Waals surface area (Å²) in [6.45, 7) is 5.82. The summed E-state index contributed by atoms with van der Waals surface area (Å²) < 4.78 is 10.3. The lowest BCUT2D eigenvalue weighted by Gasteiger charge is -2.25. The zero-order valence-corrected chi connectivity index (χ0v) is 11.6. The third kappa shape index (κ3) is 4.29. The number of nitrogens with two attached hydrogens (primary N) is 1. The Kier molecular flexibility index (Phi) is 6.72. The van der Waals surface area contributed by atoms with Crippen molar-refractivity contribution >= 4 is 5.69 Å². The Balaban J connectivity index is 2.79. The summed E-state index contributed by atoms with van der Waals surface area (Å²) in [7, 11) is 3.44. The van der Waals surface area contributed by atoms with Crippen LogP contribution in [0.3, 0.4) is 0 Å². The maximum Gasteiger partial charge on any atom is 0.0637 e. The monoisotopic (exact) mass is 252 g/mol. The average Bonchev–Trinajstić information content (AvgIpc) is 2.39. The van der Waals surface area contributed by atoms with Crippen LogP contribution >= 0.6 is 0 Å². The molecule has 0 aromatic heterocycles. The van der Waals surface area contributed by atoms with Gasteiger partial charge in [0.15, 0.2) is 0 Å². The first-order chi connectivity index (χ1) is 8.72. The summed E-state index contributed by atoms with van der Waals surface area (Å²) in [5.74, 6) is 0. The van der Waals surface area contributed by atoms with Crippen LogP contribution in [0, 0.1) is 6.92 Å². The second-order valence-corrected chi connectivity index (χ2v) is 4.29. The van der Waals surface area contributed by atoms with Gasteiger partial charge in [-0.05, 0) is 30.2 Å². The largest absolute Gasteiger partial charge is 0.383 e. The van der Waals surface area contributed by atoms with E-state index in [9.17, 15) is 0 Å². The fourth-order valence-corrected chi connectivity index (χ4v) is 1.88. The normalized spacial score (nSPS) is 10.7. The number of ether oxygens (including phenoxy) is 2. The molecule has 0 atom stereocenters. The summed E-state index contributed by atoms with van der Waals surface area (Å²) in [5, 5.41) is 0. The quantitative estimate of drug-likeness (QED) is 0.762. The van der Waals surface area contributed by atoms with Crippen molar-refractivity contribution in [3.8, 4) is 0 Å². The van der Waals surface area contributed by atoms with Crippen molar-refractivity contribution in [1.29, 1.82) is 0 Å². The van der Waals surface area contributed by atoms with Gasteiger partial charge in [-0.2, -0.15) is 0 Å². The van der Waals surface area contributed by atoms with Gasteiger partial charge in [0, 0.05) is 39.5 Å². The highest BCUT2D eigenvalue weighted by molar-refractivity contribution is 5.50. The molecule has 0 aliphatic heterocycles. The maximum atomic E-state index is 5.68. The van der Waals surface area contributed by atoms with Gasteiger partial charge in [-0.25, -0.2) is 0 Å². The lowest BCUT2D eigenvalue weighted by Crippen LogP contribution is -2.30. The second kappa shape index (κ2) is 8.08. The standard InChI is InChI=1S/C14H24N2O2/c1-12-10-14(5-4-13(12)11-15)16(6-8-17-2)7-9-18-3/h4-5,10H,6-9,11,15H2,1-3H3. The molecule has 1 aromatic rings. The molecule has 1 rings (SSSR count). The molecule has 0 saturated heterocycles. The molecule has 4 nitrogen and oxygen atoms in total. The SMILES string of the molecule is COCCN(CCOC)c1ccc(CN)c(C)c1. The number of methoxy groups -OCH3 is 2. The third-order valence-electron chi connectivity index (χ3n) is 3.04. The highest BCUT2D eigenvalue weighted by atomic mass is 16.5. The van der Waals surface area contributed by atoms with Gasteiger partial charge in [0.05, 0.1) is 13.2 Å². The molecule has 0 heterocycles. The van der Waals surface area contributed by atoms with E-state index in [1.54, 1.807) is 14.2 Å². The Morgan fingerprint density at radius 1 is 1.11 bits per heavy atom. The van der Waals surface area contributed by atoms with Crippen LogP contribution in [-0.4, -0.2) is 40.5 Å². The van der Waals surface area contributed by atoms with Gasteiger partial charge in [0.1, 0.15) is 0 Å². The molecule has 0 aliphatic rings. The molecule has 0 amide bonds. The van der Waals surface area contributed by atoms with Gasteiger partial charge in [0.2, 0.25) is 0 Å². The van der Waals surface area contributed by atoms with Crippen LogP contribution < -0.4 is 10.6 Å². The highest BCUT2D eigenvalue weighted by Gasteiger charge is 2.07. The van der Waals surface area contributed by atoms with Gasteiger partial charge in [-0.15, -0.1) is 0 Å². The lowest BCUT2D eigenvalue weighted by atomic mass is 10.1. The molecular weight excluding hydrogens is 228 g/mol. The second-order valence-electron chi connectivity index (χ2n) is 4.29. The molecule has 18 heavy (non-hydrogen) atoms. The number of nitrogens with zero attached hydrogens (tertiary/aromatic N) is 1. The predicted molar refractivity (Wildman–Crippen MR) is 75.0 cm³/mol. The molecule has 4 heteroatoms. The summed E-state index contributed by atoms with van der Waals surface area (Å²) in [6.07, 6.45) is 0. The topological polar surface area (TPSA) is 47.7 Å². The lowest BCUT2D eigenvalue weighted by molar-refractivity contribution is 0.190. The summed E-state index contributed by atoms with van der Waals surface area (Å²) in [5.41, 5.74) is 9.30. The van der Waals surface area contributed by atoms with Crippen molar-refractivity contribution in [3.63, 3.8) is 0 Å². The molecule has 1 aromatic carbocycles. The van der Waals surface area contributed by atoms with Crippen LogP contribution in [0.4, 0.5) is 5.69 Å². The number of rotatable bonds is 8. The fourth-order valence-electron chi connectivity index (χ4n) is 1.88. The summed E-state index contributed by atoms with van der Waals surface area (Å²) >= 11 is 0. The van der Waals surface area contributed by atoms with Crippen LogP contribution in [0.5, 0.6) is 0 Å². The molecule has 0 radical (unpaired) electrons. The van der Waals surface area contributed by atoms with E-state index in [0.29, 0.717) is 19.8 Å². The molecule has 0 unspecified atom stereocenters. The predicted octanol–water partition coefficient (Wildman–Crippen LogP) is 1.55. The van der Waals surface area contributed by atoms with Crippen molar-refractivity contribution in [2.24, 2.45) is 5.73 Å². The average molecular weight is 252 g/mol. The minimum absolute atomic E-state index is 0.586. The van der Waals surface area contributed by atoms with E-state index in [0.717, 1.165) is 13.1 Å². The Bertz CT molecular complexity index is 348. The molecule has 0 spiro atoms. The Morgan fingerprint density at radius 3 is 2.17 bits per heavy atom. The zero-order valence-electron chi connectivity index (χ0n) is 11.6. The first kappa shape index (κ1) is 15.0. The third-order valence-corrected chi connectivity index (χ3v) is 3.04. The number of hydrogen-bond acceptors (Lipinski definition) is 4. The van der Waals surface area contributed by atoms with Crippen molar-refractivity contribution in [1.82, 2.24) is 0 Å². The van der Waals surface area contributed by atoms with Crippen molar-refractivity contribution in [3.05, 3.63) is 29.3 Å². The molecule has 0 saturated carbocycles. The van der Waals surface area contributed by atoms with Crippen LogP contribution in [0.2, 0.25) is 0 Å². The fraction of sp³-hybridized carbons (Fsp3) is 0.571. The number of hydrogen-bond donors (Lipinski definition) is 1. The maximum absolute atomic E-state index is 5.68. The molecule has 0 bridgehead atoms. The molecule has 0 aliphatic carbocycles. The van der Waals surface area contributed by atoms with Crippen LogP contribution in [0.1, 0.15) is 11.1 Å². The first-order valence-corrected chi connectivity index (χ1v) is 6.25. The van der Waals surface area contributed by atoms with Crippen LogP contribution in [0.25, 0.3) is 0 Å². The molecule has 102 valence electrons. The highest BCUT2D eigenvalue weighted by Crippen LogP contribution is 2.18. The smallest absolute Gasteiger partial charge is 0.0637 e. The van der Waals surface area contributed by atoms with Gasteiger partial charge in [-0.1, -0.05) is 6.07 Å². The van der Waals surface area contributed by atoms with E-state index >= 15 is 0 Å². The Hall–Kier alpha value is -1.10. The Labute approximate surface area is 110 Å². The zero-order chi connectivity index (χ0) is 13.4. The minimum Gasteiger partial charge on any atom is -0.383 e. The molecular formula is C14H24N2O2. The van der Waals surface area contributed by atoms with Crippen molar-refractivity contribution in [2.75, 3.05) is 45.4 Å². The number of aryl methyl sites for hydroxylation is 1. The van der Waals surface area contributed by atoms with Crippen LogP contribution in [0.15, 0.2) is 18.2 Å². The van der Waals surface area contributed by atoms with E-state index in [2.05, 4.69) is 30.0 Å². The van der Waals surface area contributed by atoms with E-state index in [-0.39, 0.29) is 0 Å². The van der Waals surface area contributed by atoms with Gasteiger partial charge in [0.25, 0.3) is 0 Å². The summed E-state index contributed by atoms with van der Waals surface area (Å²) in [4.78, 5) is 2.26. The number of anilines is 1. The van der Waals surface area contributed by atoms with E-state index in [1.165, 1.54) is 16.8 Å². The van der Waals surface area contributed by atoms with E-state index in [1.807, 2.05) is 0 Å². The van der Waals surface area contributed by atoms with Crippen molar-refractivity contribution < 1.29 is 9.47 Å². The van der Waals surface area contributed by atoms with Crippen LogP contribution in [-0.2, 0) is 16.0 Å². The molecule has 2 N–H and O–H groups in total. The number of benzene rings is 1.